The Hall–Kier alpha value is -3.16. The summed E-state index contributed by atoms with van der Waals surface area (Å²) in [6.45, 7) is 5.62. The summed E-state index contributed by atoms with van der Waals surface area (Å²) in [6.07, 6.45) is 0. The number of nitrogens with one attached hydrogen (secondary N) is 2. The number of H-pyrrole nitrogens is 1. The molecule has 0 radical (unpaired) electrons. The lowest BCUT2D eigenvalue weighted by Crippen LogP contribution is -2.35. The van der Waals surface area contributed by atoms with Gasteiger partial charge in [0.2, 0.25) is 0 Å². The highest BCUT2D eigenvalue weighted by molar-refractivity contribution is 7.80. The van der Waals surface area contributed by atoms with Crippen molar-refractivity contribution in [3.05, 3.63) is 92.4 Å². The zero-order valence-electron chi connectivity index (χ0n) is 18.1. The van der Waals surface area contributed by atoms with E-state index in [-0.39, 0.29) is 5.56 Å². The normalized spacial score (nSPS) is 10.8. The summed E-state index contributed by atoms with van der Waals surface area (Å²) in [5.41, 5.74) is 3.41. The molecule has 2 N–H and O–H groups in total. The molecule has 2 heterocycles. The quantitative estimate of drug-likeness (QED) is 0.345. The Balaban J connectivity index is 1.58. The number of thiocarbonyl (C=S) groups is 1. The summed E-state index contributed by atoms with van der Waals surface area (Å²) in [5, 5.41) is 6.91. The van der Waals surface area contributed by atoms with Crippen molar-refractivity contribution in [2.24, 2.45) is 0 Å². The van der Waals surface area contributed by atoms with Gasteiger partial charge in [0.05, 0.1) is 19.7 Å². The monoisotopic (exact) mass is 463 g/mol. The van der Waals surface area contributed by atoms with Crippen molar-refractivity contribution in [1.82, 2.24) is 9.88 Å². The van der Waals surface area contributed by atoms with Crippen molar-refractivity contribution in [2.75, 3.05) is 11.9 Å². The highest BCUT2D eigenvalue weighted by Gasteiger charge is 2.15. The Morgan fingerprint density at radius 3 is 2.66 bits per heavy atom. The zero-order valence-corrected chi connectivity index (χ0v) is 19.7. The molecule has 7 heteroatoms. The van der Waals surface area contributed by atoms with Gasteiger partial charge >= 0.3 is 0 Å². The van der Waals surface area contributed by atoms with Gasteiger partial charge in [0, 0.05) is 21.6 Å². The minimum absolute atomic E-state index is 0.0943. The minimum atomic E-state index is -0.0943. The first kappa shape index (κ1) is 22.0. The maximum absolute atomic E-state index is 12.8. The van der Waals surface area contributed by atoms with E-state index < -0.39 is 0 Å². The highest BCUT2D eigenvalue weighted by Crippen LogP contribution is 2.20. The van der Waals surface area contributed by atoms with Gasteiger partial charge in [0.25, 0.3) is 5.56 Å². The van der Waals surface area contributed by atoms with Crippen molar-refractivity contribution in [1.29, 1.82) is 0 Å². The molecule has 0 aliphatic carbocycles. The molecule has 4 aromatic rings. The molecule has 4 rings (SSSR count). The van der Waals surface area contributed by atoms with Crippen LogP contribution in [0.5, 0.6) is 5.75 Å². The number of thiophene rings is 1. The van der Waals surface area contributed by atoms with E-state index >= 15 is 0 Å². The van der Waals surface area contributed by atoms with Crippen molar-refractivity contribution < 1.29 is 4.74 Å². The fraction of sp³-hybridized carbons (Fsp3) is 0.200. The van der Waals surface area contributed by atoms with Crippen LogP contribution in [0.25, 0.3) is 10.9 Å². The van der Waals surface area contributed by atoms with Crippen LogP contribution in [0.2, 0.25) is 0 Å². The van der Waals surface area contributed by atoms with Crippen LogP contribution >= 0.6 is 23.6 Å². The first-order chi connectivity index (χ1) is 15.5. The van der Waals surface area contributed by atoms with Crippen molar-refractivity contribution in [2.45, 2.75) is 26.9 Å². The molecule has 32 heavy (non-hydrogen) atoms. The number of hydrogen-bond acceptors (Lipinski definition) is 4. The number of hydrogen-bond donors (Lipinski definition) is 2. The third-order valence-electron chi connectivity index (χ3n) is 5.07. The van der Waals surface area contributed by atoms with E-state index in [1.807, 2.05) is 78.7 Å². The van der Waals surface area contributed by atoms with Gasteiger partial charge < -0.3 is 19.9 Å². The Bertz CT molecular complexity index is 1260. The third kappa shape index (κ3) is 5.36. The number of fused-ring (bicyclic) bond motifs is 1. The van der Waals surface area contributed by atoms with Gasteiger partial charge in [-0.1, -0.05) is 18.2 Å². The van der Waals surface area contributed by atoms with Crippen LogP contribution in [-0.2, 0) is 13.1 Å². The number of aryl methyl sites for hydroxylation is 1. The number of ether oxygens (including phenoxy) is 1. The maximum Gasteiger partial charge on any atom is 0.253 e. The van der Waals surface area contributed by atoms with Crippen LogP contribution in [-0.4, -0.2) is 21.6 Å². The van der Waals surface area contributed by atoms with Crippen molar-refractivity contribution in [3.8, 4) is 5.75 Å². The standard InChI is InChI=1S/C25H25N3O2S2/c1-3-30-21-10-8-20(9-11-21)26-25(31)28(16-22-5-4-12-32-22)15-19-14-18-7-6-17(2)13-23(18)27-24(19)29/h4-14H,3,15-16H2,1-2H3,(H,26,31)(H,27,29). The summed E-state index contributed by atoms with van der Waals surface area (Å²) < 4.78 is 5.51. The van der Waals surface area contributed by atoms with Gasteiger partial charge in [0.1, 0.15) is 5.75 Å². The van der Waals surface area contributed by atoms with E-state index in [0.29, 0.717) is 30.4 Å². The van der Waals surface area contributed by atoms with E-state index in [9.17, 15) is 4.79 Å². The Kier molecular flexibility index (Phi) is 6.87. The molecule has 0 atom stereocenters. The molecule has 0 aliphatic rings. The molecule has 0 unspecified atom stereocenters. The molecule has 0 amide bonds. The van der Waals surface area contributed by atoms with Crippen LogP contribution in [0.15, 0.2) is 70.8 Å². The van der Waals surface area contributed by atoms with Crippen LogP contribution in [0, 0.1) is 6.92 Å². The number of benzene rings is 2. The number of pyridine rings is 1. The predicted octanol–water partition coefficient (Wildman–Crippen LogP) is 5.70. The topological polar surface area (TPSA) is 57.4 Å². The minimum Gasteiger partial charge on any atom is -0.494 e. The molecule has 0 saturated heterocycles. The molecule has 0 spiro atoms. The van der Waals surface area contributed by atoms with E-state index in [2.05, 4.69) is 16.4 Å². The van der Waals surface area contributed by atoms with E-state index in [4.69, 9.17) is 17.0 Å². The number of rotatable bonds is 7. The van der Waals surface area contributed by atoms with Crippen LogP contribution < -0.4 is 15.6 Å². The number of nitrogens with zero attached hydrogens (tertiary/aromatic N) is 1. The maximum atomic E-state index is 12.8. The summed E-state index contributed by atoms with van der Waals surface area (Å²) in [4.78, 5) is 19.0. The van der Waals surface area contributed by atoms with Gasteiger partial charge in [-0.05, 0) is 84.9 Å². The second-order valence-corrected chi connectivity index (χ2v) is 8.96. The number of aromatic amines is 1. The van der Waals surface area contributed by atoms with E-state index in [0.717, 1.165) is 27.9 Å². The SMILES string of the molecule is CCOc1ccc(NC(=S)N(Cc2cccs2)Cc2cc3ccc(C)cc3[nH]c2=O)cc1. The third-order valence-corrected chi connectivity index (χ3v) is 6.29. The Labute approximate surface area is 196 Å². The van der Waals surface area contributed by atoms with Gasteiger partial charge in [-0.25, -0.2) is 0 Å². The van der Waals surface area contributed by atoms with Gasteiger partial charge in [0.15, 0.2) is 5.11 Å². The molecule has 0 aliphatic heterocycles. The van der Waals surface area contributed by atoms with Crippen molar-refractivity contribution >= 4 is 45.3 Å². The second kappa shape index (κ2) is 9.97. The number of aromatic nitrogens is 1. The lowest BCUT2D eigenvalue weighted by molar-refractivity contribution is 0.340. The smallest absolute Gasteiger partial charge is 0.253 e. The predicted molar refractivity (Wildman–Crippen MR) is 137 cm³/mol. The highest BCUT2D eigenvalue weighted by atomic mass is 32.1. The molecule has 2 aromatic heterocycles. The van der Waals surface area contributed by atoms with Crippen LogP contribution in [0.3, 0.4) is 0 Å². The number of anilines is 1. The first-order valence-corrected chi connectivity index (χ1v) is 11.7. The molecule has 164 valence electrons. The first-order valence-electron chi connectivity index (χ1n) is 10.5. The molecule has 0 fully saturated rings. The van der Waals surface area contributed by atoms with Crippen LogP contribution in [0.1, 0.15) is 22.9 Å². The Morgan fingerprint density at radius 1 is 1.12 bits per heavy atom. The summed E-state index contributed by atoms with van der Waals surface area (Å²) in [7, 11) is 0. The lowest BCUT2D eigenvalue weighted by Gasteiger charge is -2.25. The average molecular weight is 464 g/mol. The molecule has 5 nitrogen and oxygen atoms in total. The van der Waals surface area contributed by atoms with Gasteiger partial charge in [-0.15, -0.1) is 11.3 Å². The molecular weight excluding hydrogens is 438 g/mol. The summed E-state index contributed by atoms with van der Waals surface area (Å²) in [5.74, 6) is 0.817. The lowest BCUT2D eigenvalue weighted by atomic mass is 10.1. The molecular formula is C25H25N3O2S2. The fourth-order valence-electron chi connectivity index (χ4n) is 3.48. The average Bonchev–Trinajstić information content (AvgIpc) is 3.28. The van der Waals surface area contributed by atoms with Gasteiger partial charge in [-0.3, -0.25) is 4.79 Å². The second-order valence-electron chi connectivity index (χ2n) is 7.54. The van der Waals surface area contributed by atoms with E-state index in [1.54, 1.807) is 11.3 Å². The zero-order chi connectivity index (χ0) is 22.5. The van der Waals surface area contributed by atoms with Gasteiger partial charge in [-0.2, -0.15) is 0 Å². The summed E-state index contributed by atoms with van der Waals surface area (Å²) in [6, 6.07) is 19.8. The largest absolute Gasteiger partial charge is 0.494 e. The fourth-order valence-corrected chi connectivity index (χ4v) is 4.44. The van der Waals surface area contributed by atoms with E-state index in [1.165, 1.54) is 4.88 Å². The van der Waals surface area contributed by atoms with Crippen LogP contribution in [0.4, 0.5) is 5.69 Å². The molecule has 2 aromatic carbocycles. The Morgan fingerprint density at radius 2 is 1.94 bits per heavy atom. The molecule has 0 bridgehead atoms. The molecule has 0 saturated carbocycles. The van der Waals surface area contributed by atoms with Crippen molar-refractivity contribution in [3.63, 3.8) is 0 Å². The summed E-state index contributed by atoms with van der Waals surface area (Å²) >= 11 is 7.42.